The predicted molar refractivity (Wildman–Crippen MR) is 70.3 cm³/mol. The summed E-state index contributed by atoms with van der Waals surface area (Å²) < 4.78 is 40.1. The lowest BCUT2D eigenvalue weighted by Gasteiger charge is -2.17. The van der Waals surface area contributed by atoms with Crippen LogP contribution in [0.4, 0.5) is 13.2 Å². The third-order valence-corrected chi connectivity index (χ3v) is 3.63. The first kappa shape index (κ1) is 14.1. The van der Waals surface area contributed by atoms with Gasteiger partial charge in [-0.2, -0.15) is 18.3 Å². The lowest BCUT2D eigenvalue weighted by Crippen LogP contribution is -2.28. The Balaban J connectivity index is 2.08. The number of hydrogen-bond donors (Lipinski definition) is 2. The predicted octanol–water partition coefficient (Wildman–Crippen LogP) is 2.16. The molecule has 7 heteroatoms. The van der Waals surface area contributed by atoms with Crippen LogP contribution in [-0.2, 0) is 25.9 Å². The SMILES string of the molecule is OCc1cc(C(F)(F)F)ccc1-c1cnn2c1CNCC2. The molecule has 2 heterocycles. The van der Waals surface area contributed by atoms with Gasteiger partial charge < -0.3 is 10.4 Å². The lowest BCUT2D eigenvalue weighted by atomic mass is 9.97. The average Bonchev–Trinajstić information content (AvgIpc) is 2.89. The van der Waals surface area contributed by atoms with Crippen molar-refractivity contribution in [3.8, 4) is 11.1 Å². The number of rotatable bonds is 2. The van der Waals surface area contributed by atoms with Gasteiger partial charge >= 0.3 is 6.18 Å². The molecule has 1 aliphatic heterocycles. The van der Waals surface area contributed by atoms with E-state index in [1.54, 1.807) is 6.20 Å². The van der Waals surface area contributed by atoms with Crippen LogP contribution in [0.1, 0.15) is 16.8 Å². The van der Waals surface area contributed by atoms with E-state index in [1.807, 2.05) is 4.68 Å². The van der Waals surface area contributed by atoms with Crippen LogP contribution in [-0.4, -0.2) is 21.4 Å². The summed E-state index contributed by atoms with van der Waals surface area (Å²) in [6.07, 6.45) is -2.77. The Morgan fingerprint density at radius 1 is 1.29 bits per heavy atom. The molecule has 0 unspecified atom stereocenters. The summed E-state index contributed by atoms with van der Waals surface area (Å²) in [5, 5.41) is 16.9. The normalized spacial score (nSPS) is 15.0. The van der Waals surface area contributed by atoms with Crippen LogP contribution in [0.5, 0.6) is 0 Å². The van der Waals surface area contributed by atoms with E-state index in [2.05, 4.69) is 10.4 Å². The van der Waals surface area contributed by atoms with Gasteiger partial charge in [0, 0.05) is 18.7 Å². The van der Waals surface area contributed by atoms with Gasteiger partial charge in [-0.05, 0) is 23.3 Å². The van der Waals surface area contributed by atoms with E-state index in [1.165, 1.54) is 6.07 Å². The largest absolute Gasteiger partial charge is 0.416 e. The number of halogens is 3. The molecule has 0 bridgehead atoms. The van der Waals surface area contributed by atoms with Gasteiger partial charge in [0.15, 0.2) is 0 Å². The first-order chi connectivity index (χ1) is 10.0. The Bertz CT molecular complexity index is 664. The summed E-state index contributed by atoms with van der Waals surface area (Å²) in [6, 6.07) is 3.44. The molecule has 2 N–H and O–H groups in total. The van der Waals surface area contributed by atoms with Crippen molar-refractivity contribution in [2.24, 2.45) is 0 Å². The van der Waals surface area contributed by atoms with Crippen molar-refractivity contribution in [3.63, 3.8) is 0 Å². The molecule has 3 rings (SSSR count). The van der Waals surface area contributed by atoms with Gasteiger partial charge in [-0.3, -0.25) is 4.68 Å². The molecule has 0 spiro atoms. The van der Waals surface area contributed by atoms with Crippen LogP contribution in [0.25, 0.3) is 11.1 Å². The van der Waals surface area contributed by atoms with E-state index in [9.17, 15) is 18.3 Å². The molecular formula is C14H14F3N3O. The molecule has 0 fully saturated rings. The van der Waals surface area contributed by atoms with Crippen molar-refractivity contribution in [2.45, 2.75) is 25.9 Å². The van der Waals surface area contributed by atoms with Gasteiger partial charge in [0.05, 0.1) is 30.6 Å². The fourth-order valence-corrected chi connectivity index (χ4v) is 2.57. The molecule has 21 heavy (non-hydrogen) atoms. The molecule has 2 aromatic rings. The molecule has 0 saturated heterocycles. The van der Waals surface area contributed by atoms with Gasteiger partial charge in [-0.25, -0.2) is 0 Å². The minimum atomic E-state index is -4.41. The van der Waals surface area contributed by atoms with E-state index in [4.69, 9.17) is 0 Å². The molecule has 1 aliphatic rings. The maximum Gasteiger partial charge on any atom is 0.416 e. The van der Waals surface area contributed by atoms with Crippen molar-refractivity contribution in [3.05, 3.63) is 41.2 Å². The molecule has 0 atom stereocenters. The Hall–Kier alpha value is -1.86. The van der Waals surface area contributed by atoms with Crippen LogP contribution < -0.4 is 5.32 Å². The molecule has 112 valence electrons. The second-order valence-corrected chi connectivity index (χ2v) is 4.93. The molecule has 1 aromatic heterocycles. The summed E-state index contributed by atoms with van der Waals surface area (Å²) in [5.41, 5.74) is 1.78. The standard InChI is InChI=1S/C14H14F3N3O/c15-14(16,17)10-1-2-11(9(5-10)8-21)12-6-19-20-4-3-18-7-13(12)20/h1-2,5-6,18,21H,3-4,7-8H2. The van der Waals surface area contributed by atoms with Crippen molar-refractivity contribution < 1.29 is 18.3 Å². The van der Waals surface area contributed by atoms with Crippen LogP contribution in [0.3, 0.4) is 0 Å². The molecule has 4 nitrogen and oxygen atoms in total. The highest BCUT2D eigenvalue weighted by Gasteiger charge is 2.31. The smallest absolute Gasteiger partial charge is 0.392 e. The van der Waals surface area contributed by atoms with Crippen molar-refractivity contribution >= 4 is 0 Å². The number of fused-ring (bicyclic) bond motifs is 1. The summed E-state index contributed by atoms with van der Waals surface area (Å²) in [6.45, 7) is 1.71. The number of aromatic nitrogens is 2. The Kier molecular flexibility index (Phi) is 3.46. The molecule has 0 aliphatic carbocycles. The second-order valence-electron chi connectivity index (χ2n) is 4.93. The van der Waals surface area contributed by atoms with Gasteiger partial charge in [0.2, 0.25) is 0 Å². The molecular weight excluding hydrogens is 283 g/mol. The van der Waals surface area contributed by atoms with E-state index in [-0.39, 0.29) is 5.56 Å². The first-order valence-corrected chi connectivity index (χ1v) is 6.57. The Labute approximate surface area is 119 Å². The van der Waals surface area contributed by atoms with Gasteiger partial charge in [-0.15, -0.1) is 0 Å². The number of nitrogens with one attached hydrogen (secondary N) is 1. The number of hydrogen-bond acceptors (Lipinski definition) is 3. The molecule has 0 radical (unpaired) electrons. The van der Waals surface area contributed by atoms with E-state index in [0.29, 0.717) is 12.1 Å². The highest BCUT2D eigenvalue weighted by molar-refractivity contribution is 5.69. The molecule has 0 saturated carbocycles. The molecule has 0 amide bonds. The molecule has 1 aromatic carbocycles. The van der Waals surface area contributed by atoms with Crippen molar-refractivity contribution in [2.75, 3.05) is 6.54 Å². The minimum Gasteiger partial charge on any atom is -0.392 e. The third kappa shape index (κ3) is 2.54. The zero-order valence-electron chi connectivity index (χ0n) is 11.1. The van der Waals surface area contributed by atoms with Crippen LogP contribution in [0.15, 0.2) is 24.4 Å². The van der Waals surface area contributed by atoms with Gasteiger partial charge in [0.1, 0.15) is 0 Å². The summed E-state index contributed by atoms with van der Waals surface area (Å²) in [4.78, 5) is 0. The summed E-state index contributed by atoms with van der Waals surface area (Å²) in [5.74, 6) is 0. The fraction of sp³-hybridized carbons (Fsp3) is 0.357. The van der Waals surface area contributed by atoms with E-state index < -0.39 is 18.3 Å². The average molecular weight is 297 g/mol. The first-order valence-electron chi connectivity index (χ1n) is 6.57. The quantitative estimate of drug-likeness (QED) is 0.893. The number of benzene rings is 1. The van der Waals surface area contributed by atoms with Gasteiger partial charge in [-0.1, -0.05) is 6.07 Å². The highest BCUT2D eigenvalue weighted by Crippen LogP contribution is 2.34. The fourth-order valence-electron chi connectivity index (χ4n) is 2.57. The zero-order chi connectivity index (χ0) is 15.0. The maximum absolute atomic E-state index is 12.7. The summed E-state index contributed by atoms with van der Waals surface area (Å²) in [7, 11) is 0. The monoisotopic (exact) mass is 297 g/mol. The van der Waals surface area contributed by atoms with E-state index in [0.717, 1.165) is 36.5 Å². The Morgan fingerprint density at radius 2 is 2.10 bits per heavy atom. The number of aliphatic hydroxyl groups excluding tert-OH is 1. The lowest BCUT2D eigenvalue weighted by molar-refractivity contribution is -0.137. The summed E-state index contributed by atoms with van der Waals surface area (Å²) >= 11 is 0. The minimum absolute atomic E-state index is 0.256. The van der Waals surface area contributed by atoms with Crippen molar-refractivity contribution in [1.29, 1.82) is 0 Å². The van der Waals surface area contributed by atoms with Crippen LogP contribution in [0.2, 0.25) is 0 Å². The number of alkyl halides is 3. The van der Waals surface area contributed by atoms with Gasteiger partial charge in [0.25, 0.3) is 0 Å². The second kappa shape index (κ2) is 5.16. The zero-order valence-corrected chi connectivity index (χ0v) is 11.1. The topological polar surface area (TPSA) is 50.1 Å². The van der Waals surface area contributed by atoms with Crippen LogP contribution in [0, 0.1) is 0 Å². The third-order valence-electron chi connectivity index (χ3n) is 3.63. The van der Waals surface area contributed by atoms with Crippen molar-refractivity contribution in [1.82, 2.24) is 15.1 Å². The maximum atomic E-state index is 12.7. The van der Waals surface area contributed by atoms with Crippen LogP contribution >= 0.6 is 0 Å². The Morgan fingerprint density at radius 3 is 2.81 bits per heavy atom. The number of aliphatic hydroxyl groups is 1. The van der Waals surface area contributed by atoms with E-state index >= 15 is 0 Å². The number of nitrogens with zero attached hydrogens (tertiary/aromatic N) is 2. The highest BCUT2D eigenvalue weighted by atomic mass is 19.4.